The number of alkyl halides is 1. The number of carbonyl (C=O) groups is 1. The van der Waals surface area contributed by atoms with Gasteiger partial charge in [0, 0.05) is 17.5 Å². The molecule has 0 bridgehead atoms. The van der Waals surface area contributed by atoms with Crippen LogP contribution in [0.25, 0.3) is 10.9 Å². The lowest BCUT2D eigenvalue weighted by atomic mass is 10.1. The first-order valence-corrected chi connectivity index (χ1v) is 4.50. The van der Waals surface area contributed by atoms with Gasteiger partial charge in [0.15, 0.2) is 0 Å². The summed E-state index contributed by atoms with van der Waals surface area (Å²) in [6, 6.07) is 7.67. The zero-order valence-corrected chi connectivity index (χ0v) is 7.66. The van der Waals surface area contributed by atoms with Gasteiger partial charge in [-0.1, -0.05) is 12.1 Å². The van der Waals surface area contributed by atoms with Gasteiger partial charge in [0.25, 0.3) is 0 Å². The van der Waals surface area contributed by atoms with E-state index in [0.29, 0.717) is 5.88 Å². The lowest BCUT2D eigenvalue weighted by Gasteiger charge is -1.98. The van der Waals surface area contributed by atoms with E-state index in [1.165, 1.54) is 0 Å². The third-order valence-corrected chi connectivity index (χ3v) is 2.40. The predicted octanol–water partition coefficient (Wildman–Crippen LogP) is 2.42. The molecule has 0 radical (unpaired) electrons. The zero-order valence-electron chi connectivity index (χ0n) is 6.90. The van der Waals surface area contributed by atoms with Crippen LogP contribution in [0.5, 0.6) is 0 Å². The molecule has 13 heavy (non-hydrogen) atoms. The number of halogens is 1. The molecule has 0 atom stereocenters. The van der Waals surface area contributed by atoms with E-state index in [4.69, 9.17) is 11.6 Å². The summed E-state index contributed by atoms with van der Waals surface area (Å²) in [7, 11) is 0. The minimum atomic E-state index is 0.472. The van der Waals surface area contributed by atoms with E-state index in [1.54, 1.807) is 10.8 Å². The summed E-state index contributed by atoms with van der Waals surface area (Å²) in [5, 5.41) is 1.05. The molecule has 1 aromatic carbocycles. The molecule has 1 aromatic heterocycles. The summed E-state index contributed by atoms with van der Waals surface area (Å²) in [6.07, 6.45) is 2.54. The molecule has 0 fully saturated rings. The molecule has 0 unspecified atom stereocenters. The summed E-state index contributed by atoms with van der Waals surface area (Å²) < 4.78 is 1.55. The average Bonchev–Trinajstić information content (AvgIpc) is 2.60. The van der Waals surface area contributed by atoms with Crippen molar-refractivity contribution in [2.75, 3.05) is 0 Å². The van der Waals surface area contributed by atoms with Gasteiger partial charge < -0.3 is 0 Å². The molecule has 0 spiro atoms. The first kappa shape index (κ1) is 8.32. The first-order chi connectivity index (χ1) is 6.36. The lowest BCUT2D eigenvalue weighted by molar-refractivity contribution is 0.549. The minimum absolute atomic E-state index is 0.472. The Morgan fingerprint density at radius 1 is 1.38 bits per heavy atom. The fourth-order valence-electron chi connectivity index (χ4n) is 1.46. The van der Waals surface area contributed by atoms with Crippen molar-refractivity contribution in [3.8, 4) is 0 Å². The van der Waals surface area contributed by atoms with E-state index >= 15 is 0 Å². The predicted molar refractivity (Wildman–Crippen MR) is 53.6 cm³/mol. The minimum Gasteiger partial charge on any atom is -0.290 e. The summed E-state index contributed by atoms with van der Waals surface area (Å²) in [5.74, 6) is 0.472. The number of hydrogen-bond acceptors (Lipinski definition) is 1. The van der Waals surface area contributed by atoms with Crippen molar-refractivity contribution in [1.29, 1.82) is 0 Å². The molecule has 2 aromatic rings. The van der Waals surface area contributed by atoms with Gasteiger partial charge >= 0.3 is 0 Å². The van der Waals surface area contributed by atoms with E-state index in [2.05, 4.69) is 0 Å². The van der Waals surface area contributed by atoms with Crippen LogP contribution >= 0.6 is 11.6 Å². The van der Waals surface area contributed by atoms with Crippen LogP contribution < -0.4 is 0 Å². The summed E-state index contributed by atoms with van der Waals surface area (Å²) in [5.41, 5.74) is 1.97. The quantitative estimate of drug-likeness (QED) is 0.530. The topological polar surface area (TPSA) is 22.0 Å². The fraction of sp³-hybridized carbons (Fsp3) is 0.100. The molecule has 0 saturated carbocycles. The monoisotopic (exact) mass is 193 g/mol. The molecule has 0 aliphatic rings. The zero-order chi connectivity index (χ0) is 9.26. The van der Waals surface area contributed by atoms with Crippen molar-refractivity contribution in [1.82, 2.24) is 4.57 Å². The smallest absolute Gasteiger partial charge is 0.218 e. The van der Waals surface area contributed by atoms with Crippen molar-refractivity contribution >= 4 is 28.9 Å². The highest BCUT2D eigenvalue weighted by Gasteiger charge is 2.02. The summed E-state index contributed by atoms with van der Waals surface area (Å²) in [4.78, 5) is 10.6. The van der Waals surface area contributed by atoms with Crippen molar-refractivity contribution in [3.05, 3.63) is 36.0 Å². The van der Waals surface area contributed by atoms with Crippen LogP contribution in [0, 0.1) is 0 Å². The van der Waals surface area contributed by atoms with Gasteiger partial charge in [0.1, 0.15) is 0 Å². The molecular weight excluding hydrogens is 186 g/mol. The number of aromatic nitrogens is 1. The normalized spacial score (nSPS) is 10.5. The van der Waals surface area contributed by atoms with Gasteiger partial charge in [-0.25, -0.2) is 0 Å². The molecule has 0 N–H and O–H groups in total. The Bertz CT molecular complexity index is 447. The van der Waals surface area contributed by atoms with Crippen molar-refractivity contribution in [2.45, 2.75) is 5.88 Å². The van der Waals surface area contributed by atoms with Crippen LogP contribution in [0.3, 0.4) is 0 Å². The number of fused-ring (bicyclic) bond motifs is 1. The number of benzene rings is 1. The third-order valence-electron chi connectivity index (χ3n) is 2.11. The SMILES string of the molecule is O=Cn1ccc2c(CCl)cccc21. The number of carbonyl (C=O) groups excluding carboxylic acids is 1. The molecular formula is C10H8ClNO. The highest BCUT2D eigenvalue weighted by molar-refractivity contribution is 6.18. The number of hydrogen-bond donors (Lipinski definition) is 0. The van der Waals surface area contributed by atoms with Crippen LogP contribution in [0.15, 0.2) is 30.5 Å². The second-order valence-electron chi connectivity index (χ2n) is 2.81. The number of rotatable bonds is 2. The highest BCUT2D eigenvalue weighted by Crippen LogP contribution is 2.20. The van der Waals surface area contributed by atoms with Gasteiger partial charge in [-0.15, -0.1) is 11.6 Å². The highest BCUT2D eigenvalue weighted by atomic mass is 35.5. The van der Waals surface area contributed by atoms with E-state index in [0.717, 1.165) is 22.9 Å². The van der Waals surface area contributed by atoms with E-state index in [9.17, 15) is 4.79 Å². The Morgan fingerprint density at radius 2 is 2.23 bits per heavy atom. The fourth-order valence-corrected chi connectivity index (χ4v) is 1.69. The largest absolute Gasteiger partial charge is 0.290 e. The second-order valence-corrected chi connectivity index (χ2v) is 3.08. The van der Waals surface area contributed by atoms with Gasteiger partial charge in [0.2, 0.25) is 6.41 Å². The van der Waals surface area contributed by atoms with Crippen molar-refractivity contribution in [2.24, 2.45) is 0 Å². The molecule has 66 valence electrons. The maximum absolute atomic E-state index is 10.6. The Hall–Kier alpha value is -1.28. The Kier molecular flexibility index (Phi) is 2.07. The van der Waals surface area contributed by atoms with Gasteiger partial charge in [0.05, 0.1) is 5.52 Å². The molecule has 3 heteroatoms. The first-order valence-electron chi connectivity index (χ1n) is 3.96. The van der Waals surface area contributed by atoms with E-state index in [-0.39, 0.29) is 0 Å². The van der Waals surface area contributed by atoms with Crippen LogP contribution in [0.1, 0.15) is 5.56 Å². The van der Waals surface area contributed by atoms with Crippen LogP contribution in [0.4, 0.5) is 0 Å². The van der Waals surface area contributed by atoms with Crippen LogP contribution in [-0.2, 0) is 10.7 Å². The lowest BCUT2D eigenvalue weighted by Crippen LogP contribution is -1.91. The summed E-state index contributed by atoms with van der Waals surface area (Å²) in [6.45, 7) is 0. The van der Waals surface area contributed by atoms with Gasteiger partial charge in [-0.05, 0) is 17.7 Å². The standard InChI is InChI=1S/C10H8ClNO/c11-6-8-2-1-3-10-9(8)4-5-12(10)7-13/h1-5,7H,6H2. The average molecular weight is 194 g/mol. The maximum Gasteiger partial charge on any atom is 0.218 e. The Balaban J connectivity index is 2.79. The molecule has 0 saturated heterocycles. The molecule has 2 rings (SSSR count). The molecule has 0 amide bonds. The molecule has 2 nitrogen and oxygen atoms in total. The van der Waals surface area contributed by atoms with Crippen LogP contribution in [0.2, 0.25) is 0 Å². The third kappa shape index (κ3) is 1.23. The molecule has 1 heterocycles. The van der Waals surface area contributed by atoms with Gasteiger partial charge in [-0.2, -0.15) is 0 Å². The molecule has 0 aliphatic heterocycles. The van der Waals surface area contributed by atoms with E-state index < -0.39 is 0 Å². The second kappa shape index (κ2) is 3.23. The van der Waals surface area contributed by atoms with Crippen molar-refractivity contribution in [3.63, 3.8) is 0 Å². The maximum atomic E-state index is 10.6. The number of nitrogens with zero attached hydrogens (tertiary/aromatic N) is 1. The Labute approximate surface area is 80.7 Å². The summed E-state index contributed by atoms with van der Waals surface area (Å²) >= 11 is 5.76. The van der Waals surface area contributed by atoms with E-state index in [1.807, 2.05) is 24.3 Å². The van der Waals surface area contributed by atoms with Crippen LogP contribution in [-0.4, -0.2) is 11.0 Å². The molecule has 0 aliphatic carbocycles. The Morgan fingerprint density at radius 3 is 2.92 bits per heavy atom. The van der Waals surface area contributed by atoms with Crippen molar-refractivity contribution < 1.29 is 4.79 Å². The van der Waals surface area contributed by atoms with Gasteiger partial charge in [-0.3, -0.25) is 9.36 Å².